The van der Waals surface area contributed by atoms with Crippen LogP contribution in [0.3, 0.4) is 0 Å². The summed E-state index contributed by atoms with van der Waals surface area (Å²) < 4.78 is 0. The van der Waals surface area contributed by atoms with E-state index in [0.717, 1.165) is 17.3 Å². The molecule has 0 aliphatic heterocycles. The van der Waals surface area contributed by atoms with E-state index in [0.29, 0.717) is 18.0 Å². The highest BCUT2D eigenvalue weighted by atomic mass is 16.1. The average Bonchev–Trinajstić information content (AvgIpc) is 2.45. The maximum Gasteiger partial charge on any atom is 0.252 e. The van der Waals surface area contributed by atoms with Crippen LogP contribution in [0.4, 0.5) is 0 Å². The van der Waals surface area contributed by atoms with E-state index in [9.17, 15) is 4.79 Å². The zero-order chi connectivity index (χ0) is 14.5. The summed E-state index contributed by atoms with van der Waals surface area (Å²) in [7, 11) is 0. The number of hydrogen-bond donors (Lipinski definition) is 2. The highest BCUT2D eigenvalue weighted by Crippen LogP contribution is 2.16. The molecule has 106 valence electrons. The molecule has 0 saturated heterocycles. The fraction of sp³-hybridized carbons (Fsp3) is 0.375. The molecule has 1 heterocycles. The minimum atomic E-state index is -0.0836. The van der Waals surface area contributed by atoms with Gasteiger partial charge in [-0.15, -0.1) is 0 Å². The molecule has 20 heavy (non-hydrogen) atoms. The van der Waals surface area contributed by atoms with Crippen molar-refractivity contribution in [2.24, 2.45) is 11.7 Å². The summed E-state index contributed by atoms with van der Waals surface area (Å²) in [6.07, 6.45) is 2.61. The average molecular weight is 271 g/mol. The minimum absolute atomic E-state index is 0.00873. The molecule has 0 aliphatic carbocycles. The number of hydrogen-bond acceptors (Lipinski definition) is 3. The molecule has 1 amide bonds. The molecule has 0 fully saturated rings. The van der Waals surface area contributed by atoms with Gasteiger partial charge in [-0.3, -0.25) is 9.78 Å². The highest BCUT2D eigenvalue weighted by Gasteiger charge is 2.15. The Morgan fingerprint density at radius 1 is 1.30 bits per heavy atom. The molecule has 4 nitrogen and oxygen atoms in total. The molecule has 1 aromatic carbocycles. The molecular formula is C16H21N3O. The van der Waals surface area contributed by atoms with Crippen LogP contribution in [0.25, 0.3) is 10.9 Å². The van der Waals surface area contributed by atoms with Gasteiger partial charge in [-0.2, -0.15) is 0 Å². The molecule has 2 aromatic rings. The van der Waals surface area contributed by atoms with Crippen LogP contribution in [-0.2, 0) is 0 Å². The second-order valence-electron chi connectivity index (χ2n) is 5.41. The second-order valence-corrected chi connectivity index (χ2v) is 5.41. The van der Waals surface area contributed by atoms with Gasteiger partial charge in [0.15, 0.2) is 0 Å². The van der Waals surface area contributed by atoms with Gasteiger partial charge in [-0.25, -0.2) is 0 Å². The Morgan fingerprint density at radius 2 is 2.10 bits per heavy atom. The number of pyridine rings is 1. The normalized spacial score (nSPS) is 12.6. The number of nitrogens with one attached hydrogen (secondary N) is 1. The fourth-order valence-corrected chi connectivity index (χ4v) is 2.35. The summed E-state index contributed by atoms with van der Waals surface area (Å²) in [5, 5.41) is 3.88. The lowest BCUT2D eigenvalue weighted by atomic mass is 10.0. The first-order valence-electron chi connectivity index (χ1n) is 6.96. The number of amides is 1. The van der Waals surface area contributed by atoms with Crippen molar-refractivity contribution in [1.82, 2.24) is 10.3 Å². The molecule has 0 aliphatic rings. The van der Waals surface area contributed by atoms with Gasteiger partial charge in [0, 0.05) is 29.7 Å². The second kappa shape index (κ2) is 6.48. The number of carbonyl (C=O) groups excluding carboxylic acids is 1. The quantitative estimate of drug-likeness (QED) is 0.877. The Kier molecular flexibility index (Phi) is 4.69. The van der Waals surface area contributed by atoms with Crippen molar-refractivity contribution < 1.29 is 4.79 Å². The molecule has 0 bridgehead atoms. The monoisotopic (exact) mass is 271 g/mol. The first kappa shape index (κ1) is 14.5. The summed E-state index contributed by atoms with van der Waals surface area (Å²) in [6, 6.07) is 9.34. The van der Waals surface area contributed by atoms with Gasteiger partial charge in [-0.1, -0.05) is 26.0 Å². The lowest BCUT2D eigenvalue weighted by Crippen LogP contribution is -2.41. The third-order valence-electron chi connectivity index (χ3n) is 3.27. The third kappa shape index (κ3) is 3.33. The van der Waals surface area contributed by atoms with Crippen molar-refractivity contribution in [3.8, 4) is 0 Å². The summed E-state index contributed by atoms with van der Waals surface area (Å²) in [5.74, 6) is 0.415. The third-order valence-corrected chi connectivity index (χ3v) is 3.27. The molecular weight excluding hydrogens is 250 g/mol. The van der Waals surface area contributed by atoms with E-state index in [2.05, 4.69) is 24.1 Å². The molecule has 2 rings (SSSR count). The zero-order valence-corrected chi connectivity index (χ0v) is 12.0. The number of aromatic nitrogens is 1. The Hall–Kier alpha value is -1.94. The smallest absolute Gasteiger partial charge is 0.252 e. The molecule has 1 aromatic heterocycles. The van der Waals surface area contributed by atoms with E-state index in [4.69, 9.17) is 5.73 Å². The van der Waals surface area contributed by atoms with E-state index in [1.807, 2.05) is 30.3 Å². The van der Waals surface area contributed by atoms with E-state index in [1.54, 1.807) is 6.20 Å². The van der Waals surface area contributed by atoms with Gasteiger partial charge >= 0.3 is 0 Å². The van der Waals surface area contributed by atoms with Crippen LogP contribution in [0, 0.1) is 5.92 Å². The lowest BCUT2D eigenvalue weighted by molar-refractivity contribution is 0.0935. The van der Waals surface area contributed by atoms with Crippen LogP contribution in [0.15, 0.2) is 36.5 Å². The van der Waals surface area contributed by atoms with E-state index in [-0.39, 0.29) is 11.9 Å². The largest absolute Gasteiger partial charge is 0.348 e. The predicted octanol–water partition coefficient (Wildman–Crippen LogP) is 2.34. The molecule has 0 saturated carbocycles. The first-order valence-corrected chi connectivity index (χ1v) is 6.96. The molecule has 3 N–H and O–H groups in total. The first-order chi connectivity index (χ1) is 9.61. The Morgan fingerprint density at radius 3 is 2.80 bits per heavy atom. The fourth-order valence-electron chi connectivity index (χ4n) is 2.35. The number of rotatable bonds is 5. The van der Waals surface area contributed by atoms with Crippen LogP contribution in [0.5, 0.6) is 0 Å². The van der Waals surface area contributed by atoms with Crippen LogP contribution in [0.1, 0.15) is 30.6 Å². The summed E-state index contributed by atoms with van der Waals surface area (Å²) in [6.45, 7) is 4.69. The van der Waals surface area contributed by atoms with Crippen molar-refractivity contribution in [3.63, 3.8) is 0 Å². The van der Waals surface area contributed by atoms with Gasteiger partial charge in [0.2, 0.25) is 0 Å². The van der Waals surface area contributed by atoms with Gasteiger partial charge in [-0.05, 0) is 30.5 Å². The van der Waals surface area contributed by atoms with Gasteiger partial charge in [0.25, 0.3) is 5.91 Å². The maximum atomic E-state index is 12.4. The van der Waals surface area contributed by atoms with E-state index >= 15 is 0 Å². The molecule has 4 heteroatoms. The zero-order valence-electron chi connectivity index (χ0n) is 12.0. The molecule has 0 spiro atoms. The van der Waals surface area contributed by atoms with Crippen molar-refractivity contribution in [2.75, 3.05) is 6.54 Å². The van der Waals surface area contributed by atoms with Crippen molar-refractivity contribution in [3.05, 3.63) is 42.1 Å². The summed E-state index contributed by atoms with van der Waals surface area (Å²) in [4.78, 5) is 16.7. The van der Waals surface area contributed by atoms with Crippen LogP contribution >= 0.6 is 0 Å². The number of benzene rings is 1. The Balaban J connectivity index is 2.23. The van der Waals surface area contributed by atoms with Crippen LogP contribution in [-0.4, -0.2) is 23.5 Å². The lowest BCUT2D eigenvalue weighted by Gasteiger charge is -2.19. The van der Waals surface area contributed by atoms with Crippen LogP contribution < -0.4 is 11.1 Å². The number of fused-ring (bicyclic) bond motifs is 1. The van der Waals surface area contributed by atoms with Gasteiger partial charge in [0.05, 0.1) is 5.52 Å². The molecule has 1 unspecified atom stereocenters. The van der Waals surface area contributed by atoms with Crippen LogP contribution in [0.2, 0.25) is 0 Å². The predicted molar refractivity (Wildman–Crippen MR) is 81.5 cm³/mol. The minimum Gasteiger partial charge on any atom is -0.348 e. The number of carbonyl (C=O) groups is 1. The maximum absolute atomic E-state index is 12.4. The number of nitrogens with two attached hydrogens (primary N) is 1. The van der Waals surface area contributed by atoms with Crippen molar-refractivity contribution in [2.45, 2.75) is 26.3 Å². The standard InChI is InChI=1S/C16H21N3O/c1-11(2)9-12(10-17)19-16(20)14-5-3-7-15-13(14)6-4-8-18-15/h3-8,11-12H,9-10,17H2,1-2H3,(H,19,20). The summed E-state index contributed by atoms with van der Waals surface area (Å²) in [5.41, 5.74) is 7.21. The topological polar surface area (TPSA) is 68.0 Å². The molecule has 1 atom stereocenters. The van der Waals surface area contributed by atoms with Crippen molar-refractivity contribution in [1.29, 1.82) is 0 Å². The Labute approximate surface area is 119 Å². The SMILES string of the molecule is CC(C)CC(CN)NC(=O)c1cccc2ncccc12. The Bertz CT molecular complexity index is 590. The van der Waals surface area contributed by atoms with Gasteiger partial charge < -0.3 is 11.1 Å². The highest BCUT2D eigenvalue weighted by molar-refractivity contribution is 6.06. The summed E-state index contributed by atoms with van der Waals surface area (Å²) >= 11 is 0. The van der Waals surface area contributed by atoms with E-state index < -0.39 is 0 Å². The number of nitrogens with zero attached hydrogens (tertiary/aromatic N) is 1. The van der Waals surface area contributed by atoms with E-state index in [1.165, 1.54) is 0 Å². The van der Waals surface area contributed by atoms with Crippen molar-refractivity contribution >= 4 is 16.8 Å². The van der Waals surface area contributed by atoms with Gasteiger partial charge in [0.1, 0.15) is 0 Å². The molecule has 0 radical (unpaired) electrons.